The number of benzene rings is 2. The Kier molecular flexibility index (Phi) is 4.73. The van der Waals surface area contributed by atoms with Crippen molar-refractivity contribution in [2.75, 3.05) is 18.6 Å². The largest absolute Gasteiger partial charge is 0.465 e. The minimum Gasteiger partial charge on any atom is -0.465 e. The van der Waals surface area contributed by atoms with Gasteiger partial charge in [0.05, 0.1) is 31.2 Å². The van der Waals surface area contributed by atoms with Crippen LogP contribution in [0, 0.1) is 5.82 Å². The van der Waals surface area contributed by atoms with Gasteiger partial charge in [0, 0.05) is 16.3 Å². The van der Waals surface area contributed by atoms with E-state index in [1.807, 2.05) is 0 Å². The first kappa shape index (κ1) is 18.4. The van der Waals surface area contributed by atoms with Crippen molar-refractivity contribution in [2.24, 2.45) is 0 Å². The van der Waals surface area contributed by atoms with E-state index in [0.29, 0.717) is 11.3 Å². The van der Waals surface area contributed by atoms with Gasteiger partial charge in [0.15, 0.2) is 0 Å². The fraction of sp³-hybridized carbons (Fsp3) is 0.263. The van der Waals surface area contributed by atoms with Crippen LogP contribution in [0.4, 0.5) is 10.1 Å². The van der Waals surface area contributed by atoms with Crippen LogP contribution in [0.1, 0.15) is 28.4 Å². The average molecular weight is 378 g/mol. The van der Waals surface area contributed by atoms with Gasteiger partial charge in [0.1, 0.15) is 5.82 Å². The molecule has 1 aliphatic heterocycles. The molecule has 0 aromatic heterocycles. The van der Waals surface area contributed by atoms with Gasteiger partial charge >= 0.3 is 5.97 Å². The minimum absolute atomic E-state index is 0.114. The van der Waals surface area contributed by atoms with Crippen molar-refractivity contribution in [1.29, 1.82) is 0 Å². The number of carbonyl (C=O) groups is 2. The van der Waals surface area contributed by atoms with Gasteiger partial charge in [-0.05, 0) is 36.8 Å². The summed E-state index contributed by atoms with van der Waals surface area (Å²) < 4.78 is 18.9. The first-order valence-corrected chi connectivity index (χ1v) is 8.30. The second kappa shape index (κ2) is 6.70. The summed E-state index contributed by atoms with van der Waals surface area (Å²) in [5.74, 6) is -1.48. The topological polar surface area (TPSA) is 66.8 Å². The lowest BCUT2D eigenvalue weighted by atomic mass is 9.84. The van der Waals surface area contributed by atoms with Crippen LogP contribution in [-0.2, 0) is 21.5 Å². The van der Waals surface area contributed by atoms with E-state index in [4.69, 9.17) is 16.3 Å². The summed E-state index contributed by atoms with van der Waals surface area (Å²) in [6.45, 7) is 1.07. The molecule has 0 fully saturated rings. The van der Waals surface area contributed by atoms with Crippen molar-refractivity contribution in [3.8, 4) is 0 Å². The van der Waals surface area contributed by atoms with Crippen molar-refractivity contribution < 1.29 is 23.8 Å². The number of nitrogens with zero attached hydrogens (tertiary/aromatic N) is 1. The van der Waals surface area contributed by atoms with Crippen LogP contribution in [-0.4, -0.2) is 30.7 Å². The van der Waals surface area contributed by atoms with Gasteiger partial charge in [-0.3, -0.25) is 4.79 Å². The van der Waals surface area contributed by atoms with E-state index in [-0.39, 0.29) is 22.7 Å². The van der Waals surface area contributed by atoms with E-state index < -0.39 is 29.7 Å². The number of ether oxygens (including phenoxy) is 1. The molecule has 0 spiro atoms. The second-order valence-corrected chi connectivity index (χ2v) is 6.71. The van der Waals surface area contributed by atoms with Crippen LogP contribution >= 0.6 is 11.6 Å². The lowest BCUT2D eigenvalue weighted by Crippen LogP contribution is -2.40. The minimum atomic E-state index is -1.18. The first-order valence-electron chi connectivity index (χ1n) is 7.92. The summed E-state index contributed by atoms with van der Waals surface area (Å²) in [7, 11) is 1.26. The van der Waals surface area contributed by atoms with Crippen LogP contribution in [0.25, 0.3) is 0 Å². The van der Waals surface area contributed by atoms with E-state index >= 15 is 0 Å². The van der Waals surface area contributed by atoms with Crippen LogP contribution in [0.3, 0.4) is 0 Å². The number of hydrogen-bond acceptors (Lipinski definition) is 4. The third kappa shape index (κ3) is 2.75. The maximum Gasteiger partial charge on any atom is 0.337 e. The van der Waals surface area contributed by atoms with Gasteiger partial charge < -0.3 is 14.7 Å². The maximum atomic E-state index is 14.2. The molecule has 0 bridgehead atoms. The molecule has 5 nitrogen and oxygen atoms in total. The second-order valence-electron chi connectivity index (χ2n) is 6.31. The Morgan fingerprint density at radius 3 is 2.69 bits per heavy atom. The SMILES string of the molecule is COC(=O)c1ccc2c(c1)N(Cc1c(F)cccc1Cl)C(=O)C2(C)CO. The molecule has 3 rings (SSSR count). The fourth-order valence-electron chi connectivity index (χ4n) is 3.14. The zero-order chi connectivity index (χ0) is 19.1. The zero-order valence-corrected chi connectivity index (χ0v) is 15.0. The van der Waals surface area contributed by atoms with Gasteiger partial charge in [-0.15, -0.1) is 0 Å². The zero-order valence-electron chi connectivity index (χ0n) is 14.3. The summed E-state index contributed by atoms with van der Waals surface area (Å²) in [4.78, 5) is 26.2. The molecular formula is C19H17ClFNO4. The van der Waals surface area contributed by atoms with Crippen LogP contribution < -0.4 is 4.90 Å². The Morgan fingerprint density at radius 2 is 2.08 bits per heavy atom. The number of aliphatic hydroxyl groups excluding tert-OH is 1. The van der Waals surface area contributed by atoms with Gasteiger partial charge in [-0.1, -0.05) is 23.7 Å². The highest BCUT2D eigenvalue weighted by Crippen LogP contribution is 2.43. The number of aliphatic hydroxyl groups is 1. The third-order valence-electron chi connectivity index (χ3n) is 4.72. The average Bonchev–Trinajstić information content (AvgIpc) is 2.85. The first-order chi connectivity index (χ1) is 12.3. The number of esters is 1. The lowest BCUT2D eigenvalue weighted by molar-refractivity contribution is -0.124. The van der Waals surface area contributed by atoms with Gasteiger partial charge in [0.25, 0.3) is 0 Å². The number of anilines is 1. The normalized spacial score (nSPS) is 18.8. The van der Waals surface area contributed by atoms with E-state index in [1.54, 1.807) is 13.0 Å². The highest BCUT2D eigenvalue weighted by Gasteiger charge is 2.47. The van der Waals surface area contributed by atoms with Crippen molar-refractivity contribution in [2.45, 2.75) is 18.9 Å². The number of hydrogen-bond donors (Lipinski definition) is 1. The molecule has 1 heterocycles. The molecular weight excluding hydrogens is 361 g/mol. The van der Waals surface area contributed by atoms with E-state index in [1.165, 1.54) is 42.3 Å². The quantitative estimate of drug-likeness (QED) is 0.831. The number of rotatable bonds is 4. The van der Waals surface area contributed by atoms with Crippen molar-refractivity contribution in [3.05, 3.63) is 63.9 Å². The molecule has 1 N–H and O–H groups in total. The Bertz CT molecular complexity index is 881. The summed E-state index contributed by atoms with van der Waals surface area (Å²) in [6, 6.07) is 8.93. The smallest absolute Gasteiger partial charge is 0.337 e. The van der Waals surface area contributed by atoms with Crippen molar-refractivity contribution in [1.82, 2.24) is 0 Å². The Labute approximate surface area is 154 Å². The molecule has 26 heavy (non-hydrogen) atoms. The molecule has 1 aliphatic rings. The number of amides is 1. The molecule has 1 unspecified atom stereocenters. The Hall–Kier alpha value is -2.44. The Balaban J connectivity index is 2.12. The highest BCUT2D eigenvalue weighted by atomic mass is 35.5. The van der Waals surface area contributed by atoms with E-state index in [9.17, 15) is 19.1 Å². The number of methoxy groups -OCH3 is 1. The molecule has 136 valence electrons. The molecule has 2 aromatic rings. The molecule has 1 atom stereocenters. The summed E-state index contributed by atoms with van der Waals surface area (Å²) in [5, 5.41) is 10.0. The maximum absolute atomic E-state index is 14.2. The molecule has 0 saturated carbocycles. The monoisotopic (exact) mass is 377 g/mol. The summed E-state index contributed by atoms with van der Waals surface area (Å²) in [6.07, 6.45) is 0. The number of fused-ring (bicyclic) bond motifs is 1. The standard InChI is InChI=1S/C19H17ClFNO4/c1-19(10-23)13-7-6-11(17(24)26-2)8-16(13)22(18(19)25)9-12-14(20)4-3-5-15(12)21/h3-8,23H,9-10H2,1-2H3. The lowest BCUT2D eigenvalue weighted by Gasteiger charge is -2.22. The highest BCUT2D eigenvalue weighted by molar-refractivity contribution is 6.31. The van der Waals surface area contributed by atoms with Crippen LogP contribution in [0.5, 0.6) is 0 Å². The van der Waals surface area contributed by atoms with Crippen molar-refractivity contribution in [3.63, 3.8) is 0 Å². The van der Waals surface area contributed by atoms with Gasteiger partial charge in [0.2, 0.25) is 5.91 Å². The number of carbonyl (C=O) groups excluding carboxylic acids is 2. The van der Waals surface area contributed by atoms with Gasteiger partial charge in [-0.25, -0.2) is 9.18 Å². The van der Waals surface area contributed by atoms with Gasteiger partial charge in [-0.2, -0.15) is 0 Å². The third-order valence-corrected chi connectivity index (χ3v) is 5.07. The predicted molar refractivity (Wildman–Crippen MR) is 94.8 cm³/mol. The molecule has 2 aromatic carbocycles. The van der Waals surface area contributed by atoms with E-state index in [2.05, 4.69) is 0 Å². The molecule has 7 heteroatoms. The Morgan fingerprint density at radius 1 is 1.35 bits per heavy atom. The molecule has 0 radical (unpaired) electrons. The molecule has 0 saturated heterocycles. The van der Waals surface area contributed by atoms with E-state index in [0.717, 1.165) is 0 Å². The summed E-state index contributed by atoms with van der Waals surface area (Å²) >= 11 is 6.09. The van der Waals surface area contributed by atoms with Crippen LogP contribution in [0.2, 0.25) is 5.02 Å². The number of halogens is 2. The summed E-state index contributed by atoms with van der Waals surface area (Å²) in [5.41, 5.74) is 0.228. The predicted octanol–water partition coefficient (Wildman–Crippen LogP) is 3.06. The van der Waals surface area contributed by atoms with Crippen molar-refractivity contribution >= 4 is 29.2 Å². The van der Waals surface area contributed by atoms with Crippen LogP contribution in [0.15, 0.2) is 36.4 Å². The fourth-order valence-corrected chi connectivity index (χ4v) is 3.36. The molecule has 0 aliphatic carbocycles. The molecule has 1 amide bonds.